The summed E-state index contributed by atoms with van der Waals surface area (Å²) in [7, 11) is -0.549. The first-order valence-electron chi connectivity index (χ1n) is 8.37. The average molecular weight is 301 g/mol. The highest BCUT2D eigenvalue weighted by atomic mass is 32.2. The molecule has 2 heterocycles. The Labute approximate surface area is 127 Å². The number of hydrogen-bond acceptors (Lipinski definition) is 3. The minimum atomic E-state index is -0.549. The highest BCUT2D eigenvalue weighted by Crippen LogP contribution is 2.26. The average Bonchev–Trinajstić information content (AvgIpc) is 2.46. The van der Waals surface area contributed by atoms with Crippen molar-refractivity contribution >= 4 is 10.8 Å². The summed E-state index contributed by atoms with van der Waals surface area (Å²) in [6.45, 7) is 11.6. The van der Waals surface area contributed by atoms with Crippen molar-refractivity contribution in [2.75, 3.05) is 24.6 Å². The smallest absolute Gasteiger partial charge is 0.0249 e. The van der Waals surface area contributed by atoms with Crippen molar-refractivity contribution in [2.45, 2.75) is 65.1 Å². The molecule has 20 heavy (non-hydrogen) atoms. The lowest BCUT2D eigenvalue weighted by molar-refractivity contribution is 0.0394. The van der Waals surface area contributed by atoms with Crippen molar-refractivity contribution in [3.63, 3.8) is 0 Å². The quantitative estimate of drug-likeness (QED) is 0.864. The molecule has 118 valence electrons. The van der Waals surface area contributed by atoms with Crippen LogP contribution in [0.25, 0.3) is 0 Å². The van der Waals surface area contributed by atoms with E-state index in [9.17, 15) is 4.21 Å². The summed E-state index contributed by atoms with van der Waals surface area (Å²) in [6.07, 6.45) is 3.50. The van der Waals surface area contributed by atoms with E-state index in [-0.39, 0.29) is 0 Å². The number of piperazine rings is 1. The lowest BCUT2D eigenvalue weighted by Gasteiger charge is -2.48. The number of nitrogens with zero attached hydrogens (tertiary/aromatic N) is 1. The summed E-state index contributed by atoms with van der Waals surface area (Å²) in [6, 6.07) is 1.93. The zero-order valence-electron chi connectivity index (χ0n) is 13.6. The van der Waals surface area contributed by atoms with Gasteiger partial charge in [0.05, 0.1) is 0 Å². The Balaban J connectivity index is 2.04. The fourth-order valence-corrected chi connectivity index (χ4v) is 4.91. The zero-order chi connectivity index (χ0) is 14.7. The standard InChI is InChI=1S/C16H32N2OS/c1-5-13(4)15-11-18(16(10-17-15)12(2)3)14-6-8-20(19)9-7-14/h12-17H,5-11H2,1-4H3. The molecule has 0 amide bonds. The molecule has 0 saturated carbocycles. The minimum Gasteiger partial charge on any atom is -0.311 e. The maximum absolute atomic E-state index is 11.6. The van der Waals surface area contributed by atoms with E-state index in [4.69, 9.17) is 0 Å². The van der Waals surface area contributed by atoms with Crippen LogP contribution in [-0.4, -0.2) is 51.8 Å². The highest BCUT2D eigenvalue weighted by molar-refractivity contribution is 7.85. The first kappa shape index (κ1) is 16.4. The van der Waals surface area contributed by atoms with E-state index in [0.29, 0.717) is 24.0 Å². The van der Waals surface area contributed by atoms with Gasteiger partial charge in [0.15, 0.2) is 0 Å². The third-order valence-electron chi connectivity index (χ3n) is 5.35. The molecule has 2 aliphatic rings. The molecule has 3 nitrogen and oxygen atoms in total. The molecule has 0 aliphatic carbocycles. The summed E-state index contributed by atoms with van der Waals surface area (Å²) < 4.78 is 11.6. The Morgan fingerprint density at radius 3 is 2.45 bits per heavy atom. The molecule has 2 aliphatic heterocycles. The maximum atomic E-state index is 11.6. The van der Waals surface area contributed by atoms with Crippen molar-refractivity contribution in [1.82, 2.24) is 10.2 Å². The van der Waals surface area contributed by atoms with Gasteiger partial charge in [0.25, 0.3) is 0 Å². The normalized spacial score (nSPS) is 38.0. The highest BCUT2D eigenvalue weighted by Gasteiger charge is 2.36. The molecule has 2 saturated heterocycles. The molecule has 2 rings (SSSR count). The van der Waals surface area contributed by atoms with Gasteiger partial charge in [-0.25, -0.2) is 0 Å². The molecule has 0 aromatic rings. The lowest BCUT2D eigenvalue weighted by Crippen LogP contribution is -2.63. The summed E-state index contributed by atoms with van der Waals surface area (Å²) in [5.74, 6) is 3.25. The largest absolute Gasteiger partial charge is 0.311 e. The number of rotatable bonds is 4. The van der Waals surface area contributed by atoms with Gasteiger partial charge in [-0.05, 0) is 24.7 Å². The van der Waals surface area contributed by atoms with E-state index in [2.05, 4.69) is 37.9 Å². The van der Waals surface area contributed by atoms with Crippen LogP contribution in [0.15, 0.2) is 0 Å². The van der Waals surface area contributed by atoms with Gasteiger partial charge in [0.1, 0.15) is 0 Å². The van der Waals surface area contributed by atoms with E-state index in [0.717, 1.165) is 36.8 Å². The van der Waals surface area contributed by atoms with Crippen LogP contribution >= 0.6 is 0 Å². The van der Waals surface area contributed by atoms with Gasteiger partial charge in [-0.3, -0.25) is 9.11 Å². The molecular weight excluding hydrogens is 268 g/mol. The lowest BCUT2D eigenvalue weighted by atomic mass is 9.90. The Morgan fingerprint density at radius 1 is 1.25 bits per heavy atom. The molecule has 3 atom stereocenters. The molecule has 1 N–H and O–H groups in total. The fourth-order valence-electron chi connectivity index (χ4n) is 3.63. The Morgan fingerprint density at radius 2 is 1.90 bits per heavy atom. The molecule has 4 heteroatoms. The second kappa shape index (κ2) is 7.37. The molecular formula is C16H32N2OS. The summed E-state index contributed by atoms with van der Waals surface area (Å²) in [5, 5.41) is 3.78. The van der Waals surface area contributed by atoms with Gasteiger partial charge >= 0.3 is 0 Å². The van der Waals surface area contributed by atoms with Crippen LogP contribution < -0.4 is 5.32 Å². The fraction of sp³-hybridized carbons (Fsp3) is 1.00. The van der Waals surface area contributed by atoms with Crippen molar-refractivity contribution in [2.24, 2.45) is 11.8 Å². The summed E-state index contributed by atoms with van der Waals surface area (Å²) >= 11 is 0. The monoisotopic (exact) mass is 300 g/mol. The van der Waals surface area contributed by atoms with Gasteiger partial charge in [-0.1, -0.05) is 34.1 Å². The molecule has 0 aromatic carbocycles. The zero-order valence-corrected chi connectivity index (χ0v) is 14.4. The van der Waals surface area contributed by atoms with Crippen LogP contribution in [0.4, 0.5) is 0 Å². The first-order chi connectivity index (χ1) is 9.52. The minimum absolute atomic E-state index is 0.549. The maximum Gasteiger partial charge on any atom is 0.0249 e. The van der Waals surface area contributed by atoms with Gasteiger partial charge in [0.2, 0.25) is 0 Å². The van der Waals surface area contributed by atoms with E-state index in [1.165, 1.54) is 13.0 Å². The van der Waals surface area contributed by atoms with E-state index in [1.807, 2.05) is 0 Å². The van der Waals surface area contributed by atoms with Gasteiger partial charge < -0.3 is 5.32 Å². The Kier molecular flexibility index (Phi) is 6.06. The van der Waals surface area contributed by atoms with Crippen LogP contribution in [-0.2, 0) is 10.8 Å². The number of hydrogen-bond donors (Lipinski definition) is 1. The second-order valence-electron chi connectivity index (χ2n) is 6.99. The Hall–Kier alpha value is 0.0700. The van der Waals surface area contributed by atoms with E-state index in [1.54, 1.807) is 0 Å². The Bertz CT molecular complexity index is 324. The summed E-state index contributed by atoms with van der Waals surface area (Å²) in [5.41, 5.74) is 0. The van der Waals surface area contributed by atoms with E-state index < -0.39 is 10.8 Å². The molecule has 3 unspecified atom stereocenters. The van der Waals surface area contributed by atoms with Gasteiger partial charge in [-0.2, -0.15) is 0 Å². The predicted molar refractivity (Wildman–Crippen MR) is 87.5 cm³/mol. The molecule has 2 fully saturated rings. The van der Waals surface area contributed by atoms with Gasteiger partial charge in [-0.15, -0.1) is 0 Å². The predicted octanol–water partition coefficient (Wildman–Crippen LogP) is 2.24. The van der Waals surface area contributed by atoms with Crippen LogP contribution in [0.5, 0.6) is 0 Å². The van der Waals surface area contributed by atoms with Crippen LogP contribution in [0.1, 0.15) is 47.0 Å². The molecule has 0 spiro atoms. The third-order valence-corrected chi connectivity index (χ3v) is 6.73. The van der Waals surface area contributed by atoms with Crippen molar-refractivity contribution in [3.8, 4) is 0 Å². The molecule has 0 radical (unpaired) electrons. The van der Waals surface area contributed by atoms with Crippen molar-refractivity contribution in [3.05, 3.63) is 0 Å². The second-order valence-corrected chi connectivity index (χ2v) is 8.68. The van der Waals surface area contributed by atoms with Crippen molar-refractivity contribution in [1.29, 1.82) is 0 Å². The summed E-state index contributed by atoms with van der Waals surface area (Å²) in [4.78, 5) is 2.76. The topological polar surface area (TPSA) is 32.3 Å². The van der Waals surface area contributed by atoms with Crippen molar-refractivity contribution < 1.29 is 4.21 Å². The SMILES string of the molecule is CCC(C)C1CN(C2CCS(=O)CC2)C(C(C)C)CN1. The van der Waals surface area contributed by atoms with Crippen LogP contribution in [0.2, 0.25) is 0 Å². The van der Waals surface area contributed by atoms with Crippen LogP contribution in [0, 0.1) is 11.8 Å². The van der Waals surface area contributed by atoms with Crippen LogP contribution in [0.3, 0.4) is 0 Å². The molecule has 0 aromatic heterocycles. The first-order valence-corrected chi connectivity index (χ1v) is 9.85. The number of nitrogens with one attached hydrogen (secondary N) is 1. The van der Waals surface area contributed by atoms with E-state index >= 15 is 0 Å². The third kappa shape index (κ3) is 3.83. The molecule has 0 bridgehead atoms. The van der Waals surface area contributed by atoms with Gasteiger partial charge in [0, 0.05) is 53.5 Å².